The number of halogens is 1. The summed E-state index contributed by atoms with van der Waals surface area (Å²) in [5.41, 5.74) is 0. The van der Waals surface area contributed by atoms with Crippen LogP contribution < -0.4 is 0 Å². The van der Waals surface area contributed by atoms with Crippen LogP contribution in [0.15, 0.2) is 0 Å². The minimum atomic E-state index is 0.453. The van der Waals surface area contributed by atoms with E-state index in [1.165, 1.54) is 13.0 Å². The Hall–Kier alpha value is 0.400. The van der Waals surface area contributed by atoms with Crippen LogP contribution in [0.3, 0.4) is 0 Å². The van der Waals surface area contributed by atoms with Gasteiger partial charge in [-0.05, 0) is 25.9 Å². The molecular formula is C10H22BrNO. The minimum absolute atomic E-state index is 0.453. The van der Waals surface area contributed by atoms with E-state index in [1.807, 2.05) is 0 Å². The van der Waals surface area contributed by atoms with Crippen LogP contribution in [0.5, 0.6) is 0 Å². The van der Waals surface area contributed by atoms with Gasteiger partial charge < -0.3 is 9.64 Å². The molecule has 0 radical (unpaired) electrons. The fourth-order valence-electron chi connectivity index (χ4n) is 1.14. The first-order valence-electron chi connectivity index (χ1n) is 4.87. The summed E-state index contributed by atoms with van der Waals surface area (Å²) in [6.45, 7) is 7.53. The van der Waals surface area contributed by atoms with Crippen molar-refractivity contribution in [3.63, 3.8) is 0 Å². The van der Waals surface area contributed by atoms with Crippen molar-refractivity contribution in [3.8, 4) is 0 Å². The highest BCUT2D eigenvalue weighted by Crippen LogP contribution is 2.05. The molecule has 0 aromatic heterocycles. The van der Waals surface area contributed by atoms with E-state index in [0.29, 0.717) is 4.83 Å². The lowest BCUT2D eigenvalue weighted by atomic mass is 10.1. The van der Waals surface area contributed by atoms with E-state index in [1.54, 1.807) is 7.11 Å². The normalized spacial score (nSPS) is 14.1. The van der Waals surface area contributed by atoms with Crippen LogP contribution in [-0.2, 0) is 4.74 Å². The van der Waals surface area contributed by atoms with Gasteiger partial charge in [0, 0.05) is 13.7 Å². The molecule has 0 aliphatic rings. The first-order chi connectivity index (χ1) is 6.06. The van der Waals surface area contributed by atoms with Crippen molar-refractivity contribution in [1.29, 1.82) is 0 Å². The Bertz CT molecular complexity index is 119. The number of ether oxygens (including phenoxy) is 1. The van der Waals surface area contributed by atoms with Gasteiger partial charge in [-0.15, -0.1) is 0 Å². The number of hydrogen-bond acceptors (Lipinski definition) is 2. The van der Waals surface area contributed by atoms with E-state index < -0.39 is 0 Å². The molecule has 3 heteroatoms. The summed E-state index contributed by atoms with van der Waals surface area (Å²) < 4.78 is 5.06. The van der Waals surface area contributed by atoms with Crippen molar-refractivity contribution in [3.05, 3.63) is 0 Å². The van der Waals surface area contributed by atoms with Crippen LogP contribution in [0, 0.1) is 5.92 Å². The molecule has 0 aliphatic carbocycles. The zero-order valence-corrected chi connectivity index (χ0v) is 10.8. The Morgan fingerprint density at radius 3 is 2.46 bits per heavy atom. The second kappa shape index (κ2) is 7.77. The number of nitrogens with zero attached hydrogens (tertiary/aromatic N) is 1. The highest BCUT2D eigenvalue weighted by Gasteiger charge is 2.07. The molecule has 2 nitrogen and oxygen atoms in total. The van der Waals surface area contributed by atoms with Crippen LogP contribution in [0.1, 0.15) is 20.3 Å². The summed E-state index contributed by atoms with van der Waals surface area (Å²) >= 11 is 3.58. The SMILES string of the molecule is COCC(Br)CN(C)CCC(C)C. The molecule has 0 fully saturated rings. The van der Waals surface area contributed by atoms with Crippen molar-refractivity contribution in [2.75, 3.05) is 33.9 Å². The third-order valence-electron chi connectivity index (χ3n) is 1.95. The zero-order valence-electron chi connectivity index (χ0n) is 9.22. The van der Waals surface area contributed by atoms with Gasteiger partial charge in [0.25, 0.3) is 0 Å². The van der Waals surface area contributed by atoms with Crippen molar-refractivity contribution in [2.24, 2.45) is 5.92 Å². The molecule has 0 N–H and O–H groups in total. The Morgan fingerprint density at radius 2 is 2.00 bits per heavy atom. The molecule has 80 valence electrons. The molecule has 0 saturated heterocycles. The Balaban J connectivity index is 3.43. The first kappa shape index (κ1) is 13.4. The van der Waals surface area contributed by atoms with Gasteiger partial charge in [0.1, 0.15) is 0 Å². The summed E-state index contributed by atoms with van der Waals surface area (Å²) in [6, 6.07) is 0. The summed E-state index contributed by atoms with van der Waals surface area (Å²) in [5, 5.41) is 0. The van der Waals surface area contributed by atoms with Gasteiger partial charge in [-0.25, -0.2) is 0 Å². The molecule has 0 aliphatic heterocycles. The van der Waals surface area contributed by atoms with Gasteiger partial charge in [-0.2, -0.15) is 0 Å². The topological polar surface area (TPSA) is 12.5 Å². The molecule has 13 heavy (non-hydrogen) atoms. The van der Waals surface area contributed by atoms with E-state index in [2.05, 4.69) is 41.7 Å². The lowest BCUT2D eigenvalue weighted by Gasteiger charge is -2.20. The predicted octanol–water partition coefficient (Wildman–Crippen LogP) is 2.37. The highest BCUT2D eigenvalue weighted by molar-refractivity contribution is 9.09. The zero-order chi connectivity index (χ0) is 10.3. The minimum Gasteiger partial charge on any atom is -0.383 e. The Labute approximate surface area is 90.8 Å². The molecule has 0 bridgehead atoms. The van der Waals surface area contributed by atoms with E-state index in [4.69, 9.17) is 4.74 Å². The molecule has 0 heterocycles. The molecule has 1 atom stereocenters. The Kier molecular flexibility index (Phi) is 8.01. The molecule has 0 aromatic carbocycles. The third-order valence-corrected chi connectivity index (χ3v) is 2.50. The summed E-state index contributed by atoms with van der Waals surface area (Å²) in [4.78, 5) is 2.80. The smallest absolute Gasteiger partial charge is 0.0600 e. The van der Waals surface area contributed by atoms with E-state index in [0.717, 1.165) is 19.1 Å². The quantitative estimate of drug-likeness (QED) is 0.645. The van der Waals surface area contributed by atoms with Crippen molar-refractivity contribution in [2.45, 2.75) is 25.1 Å². The van der Waals surface area contributed by atoms with E-state index in [-0.39, 0.29) is 0 Å². The van der Waals surface area contributed by atoms with Gasteiger partial charge in [-0.1, -0.05) is 29.8 Å². The van der Waals surface area contributed by atoms with Crippen molar-refractivity contribution >= 4 is 15.9 Å². The summed E-state index contributed by atoms with van der Waals surface area (Å²) in [6.07, 6.45) is 1.27. The Morgan fingerprint density at radius 1 is 1.38 bits per heavy atom. The molecule has 0 saturated carbocycles. The van der Waals surface area contributed by atoms with Crippen LogP contribution in [0.2, 0.25) is 0 Å². The lowest BCUT2D eigenvalue weighted by molar-refractivity contribution is 0.185. The van der Waals surface area contributed by atoms with Gasteiger partial charge in [0.05, 0.1) is 11.4 Å². The third kappa shape index (κ3) is 8.72. The van der Waals surface area contributed by atoms with Gasteiger partial charge >= 0.3 is 0 Å². The maximum absolute atomic E-state index is 5.06. The number of rotatable bonds is 7. The van der Waals surface area contributed by atoms with E-state index in [9.17, 15) is 0 Å². The van der Waals surface area contributed by atoms with Gasteiger partial charge in [-0.3, -0.25) is 0 Å². The number of alkyl halides is 1. The highest BCUT2D eigenvalue weighted by atomic mass is 79.9. The van der Waals surface area contributed by atoms with E-state index >= 15 is 0 Å². The maximum atomic E-state index is 5.06. The molecule has 0 rings (SSSR count). The molecular weight excluding hydrogens is 230 g/mol. The van der Waals surface area contributed by atoms with Crippen LogP contribution in [0.25, 0.3) is 0 Å². The molecule has 0 aromatic rings. The average Bonchev–Trinajstić information content (AvgIpc) is 2.01. The number of hydrogen-bond donors (Lipinski definition) is 0. The standard InChI is InChI=1S/C10H22BrNO/c1-9(2)5-6-12(3)7-10(11)8-13-4/h9-10H,5-8H2,1-4H3. The molecule has 0 spiro atoms. The first-order valence-corrected chi connectivity index (χ1v) is 5.79. The summed E-state index contributed by atoms with van der Waals surface area (Å²) in [5.74, 6) is 0.790. The summed E-state index contributed by atoms with van der Waals surface area (Å²) in [7, 11) is 3.90. The van der Waals surface area contributed by atoms with Crippen LogP contribution in [-0.4, -0.2) is 43.6 Å². The van der Waals surface area contributed by atoms with Gasteiger partial charge in [0.15, 0.2) is 0 Å². The monoisotopic (exact) mass is 251 g/mol. The van der Waals surface area contributed by atoms with Crippen molar-refractivity contribution < 1.29 is 4.74 Å². The fourth-order valence-corrected chi connectivity index (χ4v) is 1.90. The van der Waals surface area contributed by atoms with Crippen molar-refractivity contribution in [1.82, 2.24) is 4.90 Å². The van der Waals surface area contributed by atoms with Crippen LogP contribution in [0.4, 0.5) is 0 Å². The number of methoxy groups -OCH3 is 1. The van der Waals surface area contributed by atoms with Crippen LogP contribution >= 0.6 is 15.9 Å². The van der Waals surface area contributed by atoms with Gasteiger partial charge in [0.2, 0.25) is 0 Å². The maximum Gasteiger partial charge on any atom is 0.0600 e. The second-order valence-corrected chi connectivity index (χ2v) is 5.29. The predicted molar refractivity (Wildman–Crippen MR) is 61.5 cm³/mol. The molecule has 1 unspecified atom stereocenters. The second-order valence-electron chi connectivity index (χ2n) is 4.00. The lowest BCUT2D eigenvalue weighted by Crippen LogP contribution is -2.29. The molecule has 0 amide bonds. The fraction of sp³-hybridized carbons (Fsp3) is 1.00. The largest absolute Gasteiger partial charge is 0.383 e. The average molecular weight is 252 g/mol.